The van der Waals surface area contributed by atoms with E-state index in [-0.39, 0.29) is 24.3 Å². The van der Waals surface area contributed by atoms with Gasteiger partial charge in [0.2, 0.25) is 0 Å². The summed E-state index contributed by atoms with van der Waals surface area (Å²) in [5.74, 6) is 0.920. The van der Waals surface area contributed by atoms with E-state index in [4.69, 9.17) is 0 Å². The number of halogens is 3. The average molecular weight is 534 g/mol. The van der Waals surface area contributed by atoms with E-state index in [1.54, 1.807) is 12.1 Å². The van der Waals surface area contributed by atoms with Gasteiger partial charge in [-0.15, -0.1) is 0 Å². The van der Waals surface area contributed by atoms with Crippen molar-refractivity contribution in [2.45, 2.75) is 121 Å². The maximum atomic E-state index is 13.3. The minimum absolute atomic E-state index is 0.0841. The molecule has 3 atom stereocenters. The largest absolute Gasteiger partial charge is 0.481 e. The van der Waals surface area contributed by atoms with Gasteiger partial charge in [0, 0.05) is 25.6 Å². The van der Waals surface area contributed by atoms with Crippen LogP contribution in [0.4, 0.5) is 13.2 Å². The second-order valence-electron chi connectivity index (χ2n) is 13.2. The molecular formula is C32H46F3NO2. The third-order valence-electron chi connectivity index (χ3n) is 10.6. The van der Waals surface area contributed by atoms with Gasteiger partial charge in [0.25, 0.3) is 0 Å². The lowest BCUT2D eigenvalue weighted by molar-refractivity contribution is -0.139. The fourth-order valence-corrected chi connectivity index (χ4v) is 8.38. The van der Waals surface area contributed by atoms with Crippen LogP contribution in [0, 0.1) is 23.2 Å². The summed E-state index contributed by atoms with van der Waals surface area (Å²) < 4.78 is 40.0. The number of hydrogen-bond donors (Lipinski definition) is 1. The number of alkyl halides is 3. The molecule has 1 aromatic carbocycles. The van der Waals surface area contributed by atoms with Crippen LogP contribution >= 0.6 is 0 Å². The Balaban J connectivity index is 1.42. The average Bonchev–Trinajstić information content (AvgIpc) is 3.69. The fourth-order valence-electron chi connectivity index (χ4n) is 8.38. The molecule has 212 valence electrons. The topological polar surface area (TPSA) is 40.5 Å². The molecule has 3 nitrogen and oxygen atoms in total. The number of carboxylic acid groups (broad SMARTS) is 1. The Labute approximate surface area is 226 Å². The number of rotatable bonds is 9. The van der Waals surface area contributed by atoms with Crippen LogP contribution < -0.4 is 0 Å². The number of benzene rings is 1. The Kier molecular flexibility index (Phi) is 8.76. The highest BCUT2D eigenvalue weighted by atomic mass is 19.4. The second-order valence-corrected chi connectivity index (χ2v) is 13.2. The Morgan fingerprint density at radius 1 is 0.868 bits per heavy atom. The maximum absolute atomic E-state index is 13.3. The third kappa shape index (κ3) is 6.77. The number of aliphatic carboxylic acids is 1. The number of carboxylic acids is 1. The van der Waals surface area contributed by atoms with E-state index in [0.29, 0.717) is 11.3 Å². The summed E-state index contributed by atoms with van der Waals surface area (Å²) in [5, 5.41) is 9.51. The molecule has 4 aliphatic rings. The van der Waals surface area contributed by atoms with Gasteiger partial charge >= 0.3 is 12.1 Å². The zero-order chi connectivity index (χ0) is 26.8. The van der Waals surface area contributed by atoms with Crippen molar-refractivity contribution >= 4 is 5.97 Å². The number of carbonyl (C=O) groups is 1. The van der Waals surface area contributed by atoms with Crippen LogP contribution in [0.25, 0.3) is 0 Å². The van der Waals surface area contributed by atoms with Gasteiger partial charge in [0.15, 0.2) is 0 Å². The summed E-state index contributed by atoms with van der Waals surface area (Å²) in [5.41, 5.74) is 0.774. The minimum atomic E-state index is -4.35. The first-order valence-electron chi connectivity index (χ1n) is 15.4. The molecule has 0 aromatic heterocycles. The molecule has 0 aliphatic heterocycles. The van der Waals surface area contributed by atoms with E-state index in [1.165, 1.54) is 89.2 Å². The van der Waals surface area contributed by atoms with E-state index < -0.39 is 17.7 Å². The van der Waals surface area contributed by atoms with Gasteiger partial charge in [0.05, 0.1) is 5.56 Å². The molecule has 1 N–H and O–H groups in total. The molecule has 4 aliphatic carbocycles. The SMILES string of the molecule is O=C(O)C[C@@H]1CC[C@@H](N(CC2CCCCC2)CC2(C3CCCCC3)CC2)[C@H](c2ccc(C(F)(F)F)cc2)C1. The molecule has 0 bridgehead atoms. The zero-order valence-corrected chi connectivity index (χ0v) is 22.9. The van der Waals surface area contributed by atoms with Crippen LogP contribution in [0.1, 0.15) is 120 Å². The lowest BCUT2D eigenvalue weighted by atomic mass is 9.71. The smallest absolute Gasteiger partial charge is 0.416 e. The molecule has 5 rings (SSSR count). The lowest BCUT2D eigenvalue weighted by Gasteiger charge is -2.46. The monoisotopic (exact) mass is 533 g/mol. The first-order chi connectivity index (χ1) is 18.2. The molecule has 4 fully saturated rings. The molecule has 0 radical (unpaired) electrons. The van der Waals surface area contributed by atoms with Crippen molar-refractivity contribution in [3.05, 3.63) is 35.4 Å². The normalized spacial score (nSPS) is 28.9. The van der Waals surface area contributed by atoms with Crippen molar-refractivity contribution in [1.29, 1.82) is 0 Å². The predicted molar refractivity (Wildman–Crippen MR) is 144 cm³/mol. The molecule has 0 heterocycles. The molecule has 38 heavy (non-hydrogen) atoms. The predicted octanol–water partition coefficient (Wildman–Crippen LogP) is 8.68. The van der Waals surface area contributed by atoms with E-state index in [0.717, 1.165) is 43.8 Å². The highest BCUT2D eigenvalue weighted by Crippen LogP contribution is 2.57. The van der Waals surface area contributed by atoms with Crippen LogP contribution in [0.3, 0.4) is 0 Å². The van der Waals surface area contributed by atoms with Crippen LogP contribution in [-0.2, 0) is 11.0 Å². The van der Waals surface area contributed by atoms with Gasteiger partial charge in [-0.2, -0.15) is 13.2 Å². The van der Waals surface area contributed by atoms with E-state index in [9.17, 15) is 23.1 Å². The highest BCUT2D eigenvalue weighted by molar-refractivity contribution is 5.67. The van der Waals surface area contributed by atoms with E-state index >= 15 is 0 Å². The Morgan fingerprint density at radius 2 is 1.50 bits per heavy atom. The Morgan fingerprint density at radius 3 is 2.08 bits per heavy atom. The quantitative estimate of drug-likeness (QED) is 0.345. The van der Waals surface area contributed by atoms with Gasteiger partial charge in [-0.3, -0.25) is 9.69 Å². The van der Waals surface area contributed by atoms with Crippen molar-refractivity contribution < 1.29 is 23.1 Å². The van der Waals surface area contributed by atoms with Gasteiger partial charge in [0.1, 0.15) is 0 Å². The van der Waals surface area contributed by atoms with Crippen LogP contribution in [0.15, 0.2) is 24.3 Å². The van der Waals surface area contributed by atoms with Gasteiger partial charge in [-0.1, -0.05) is 50.7 Å². The molecule has 4 saturated carbocycles. The summed E-state index contributed by atoms with van der Waals surface area (Å²) in [6.07, 6.45) is 14.3. The lowest BCUT2D eigenvalue weighted by Crippen LogP contribution is -2.49. The molecule has 0 amide bonds. The standard InChI is InChI=1S/C32H46F3NO2/c33-32(34,35)27-14-12-25(13-15-27)28-19-24(20-30(37)38)11-16-29(28)36(21-23-7-3-1-4-8-23)22-31(17-18-31)26-9-5-2-6-10-26/h12-15,23-24,26,28-29H,1-11,16-22H2,(H,37,38)/t24-,28+,29-/m1/s1. The second kappa shape index (κ2) is 11.9. The van der Waals surface area contributed by atoms with Gasteiger partial charge < -0.3 is 5.11 Å². The summed E-state index contributed by atoms with van der Waals surface area (Å²) in [4.78, 5) is 14.4. The maximum Gasteiger partial charge on any atom is 0.416 e. The highest BCUT2D eigenvalue weighted by Gasteiger charge is 2.51. The van der Waals surface area contributed by atoms with Crippen LogP contribution in [-0.4, -0.2) is 35.1 Å². The first-order valence-corrected chi connectivity index (χ1v) is 15.4. The van der Waals surface area contributed by atoms with Crippen molar-refractivity contribution in [1.82, 2.24) is 4.90 Å². The van der Waals surface area contributed by atoms with Crippen LogP contribution in [0.5, 0.6) is 0 Å². The molecule has 0 spiro atoms. The molecule has 1 aromatic rings. The third-order valence-corrected chi connectivity index (χ3v) is 10.6. The van der Waals surface area contributed by atoms with Crippen molar-refractivity contribution in [3.8, 4) is 0 Å². The molecule has 0 saturated heterocycles. The molecule has 0 unspecified atom stereocenters. The fraction of sp³-hybridized carbons (Fsp3) is 0.781. The van der Waals surface area contributed by atoms with E-state index in [1.807, 2.05) is 0 Å². The summed E-state index contributed by atoms with van der Waals surface area (Å²) >= 11 is 0. The zero-order valence-electron chi connectivity index (χ0n) is 22.9. The number of hydrogen-bond acceptors (Lipinski definition) is 2. The van der Waals surface area contributed by atoms with Gasteiger partial charge in [-0.25, -0.2) is 0 Å². The summed E-state index contributed by atoms with van der Waals surface area (Å²) in [7, 11) is 0. The Hall–Kier alpha value is -1.56. The van der Waals surface area contributed by atoms with E-state index in [2.05, 4.69) is 4.90 Å². The van der Waals surface area contributed by atoms with Gasteiger partial charge in [-0.05, 0) is 105 Å². The van der Waals surface area contributed by atoms with Crippen molar-refractivity contribution in [3.63, 3.8) is 0 Å². The molecule has 6 heteroatoms. The first kappa shape index (κ1) is 28.0. The van der Waals surface area contributed by atoms with Crippen molar-refractivity contribution in [2.75, 3.05) is 13.1 Å². The number of nitrogens with zero attached hydrogens (tertiary/aromatic N) is 1. The summed E-state index contributed by atoms with van der Waals surface area (Å²) in [6.45, 7) is 2.22. The van der Waals surface area contributed by atoms with Crippen molar-refractivity contribution in [2.24, 2.45) is 23.2 Å². The minimum Gasteiger partial charge on any atom is -0.481 e. The molecular weight excluding hydrogens is 487 g/mol. The van der Waals surface area contributed by atoms with Crippen LogP contribution in [0.2, 0.25) is 0 Å². The Bertz CT molecular complexity index is 914. The summed E-state index contributed by atoms with van der Waals surface area (Å²) in [6, 6.07) is 6.08.